The number of primary amides is 1. The Bertz CT molecular complexity index is 768. The van der Waals surface area contributed by atoms with E-state index in [1.54, 1.807) is 0 Å². The van der Waals surface area contributed by atoms with Gasteiger partial charge in [-0.2, -0.15) is 0 Å². The first kappa shape index (κ1) is 18.1. The Kier molecular flexibility index (Phi) is 5.50. The molecular weight excluding hydrogens is 340 g/mol. The summed E-state index contributed by atoms with van der Waals surface area (Å²) in [6.45, 7) is 3.62. The summed E-state index contributed by atoms with van der Waals surface area (Å²) in [4.78, 5) is 13.9. The fraction of sp³-hybridized carbons (Fsp3) is 0.550. The fourth-order valence-corrected chi connectivity index (χ4v) is 4.33. The second-order valence-electron chi connectivity index (χ2n) is 7.63. The number of nitrogens with zero attached hydrogens (tertiary/aromatic N) is 4. The maximum atomic E-state index is 11.8. The van der Waals surface area contributed by atoms with Crippen molar-refractivity contribution in [3.05, 3.63) is 42.0 Å². The zero-order valence-corrected chi connectivity index (χ0v) is 15.7. The number of likely N-dealkylation sites (tertiary alicyclic amines) is 1. The maximum Gasteiger partial charge on any atom is 0.234 e. The molecule has 1 aromatic carbocycles. The second kappa shape index (κ2) is 8.19. The molecule has 2 fully saturated rings. The van der Waals surface area contributed by atoms with Gasteiger partial charge in [-0.05, 0) is 63.4 Å². The van der Waals surface area contributed by atoms with E-state index in [-0.39, 0.29) is 11.9 Å². The van der Waals surface area contributed by atoms with E-state index in [0.717, 1.165) is 56.2 Å². The van der Waals surface area contributed by atoms with Gasteiger partial charge < -0.3 is 11.1 Å². The van der Waals surface area contributed by atoms with E-state index in [2.05, 4.69) is 37.1 Å². The number of amides is 1. The molecule has 2 saturated heterocycles. The van der Waals surface area contributed by atoms with E-state index < -0.39 is 0 Å². The molecule has 0 aliphatic carbocycles. The lowest BCUT2D eigenvalue weighted by atomic mass is 9.94. The summed E-state index contributed by atoms with van der Waals surface area (Å²) in [6, 6.07) is 10.1. The lowest BCUT2D eigenvalue weighted by molar-refractivity contribution is -0.122. The summed E-state index contributed by atoms with van der Waals surface area (Å²) in [5.74, 6) is 2.29. The number of hydrogen-bond donors (Lipinski definition) is 2. The van der Waals surface area contributed by atoms with Gasteiger partial charge in [-0.15, -0.1) is 10.2 Å². The highest BCUT2D eigenvalue weighted by Crippen LogP contribution is 2.24. The van der Waals surface area contributed by atoms with Crippen molar-refractivity contribution >= 4 is 5.91 Å². The average molecular weight is 368 g/mol. The Morgan fingerprint density at radius 1 is 1.11 bits per heavy atom. The molecule has 3 N–H and O–H groups in total. The molecule has 27 heavy (non-hydrogen) atoms. The normalized spacial score (nSPS) is 21.6. The number of hydrogen-bond acceptors (Lipinski definition) is 5. The monoisotopic (exact) mass is 368 g/mol. The number of nitrogens with one attached hydrogen (secondary N) is 1. The highest BCUT2D eigenvalue weighted by atomic mass is 16.1. The second-order valence-corrected chi connectivity index (χ2v) is 7.63. The fourth-order valence-electron chi connectivity index (χ4n) is 4.33. The van der Waals surface area contributed by atoms with Crippen molar-refractivity contribution in [2.45, 2.75) is 44.7 Å². The van der Waals surface area contributed by atoms with Crippen LogP contribution < -0.4 is 11.1 Å². The van der Waals surface area contributed by atoms with Gasteiger partial charge in [0.25, 0.3) is 0 Å². The largest absolute Gasteiger partial charge is 0.368 e. The van der Waals surface area contributed by atoms with Gasteiger partial charge in [0.05, 0.1) is 12.6 Å². The molecule has 1 amide bonds. The molecule has 3 heterocycles. The summed E-state index contributed by atoms with van der Waals surface area (Å²) >= 11 is 0. The first-order chi connectivity index (χ1) is 13.2. The molecule has 0 saturated carbocycles. The van der Waals surface area contributed by atoms with Crippen molar-refractivity contribution in [3.63, 3.8) is 0 Å². The third-order valence-corrected chi connectivity index (χ3v) is 5.78. The summed E-state index contributed by atoms with van der Waals surface area (Å²) in [7, 11) is 0. The van der Waals surface area contributed by atoms with Gasteiger partial charge in [-0.3, -0.25) is 14.3 Å². The summed E-state index contributed by atoms with van der Waals surface area (Å²) < 4.78 is 2.18. The van der Waals surface area contributed by atoms with E-state index in [1.807, 2.05) is 18.2 Å². The highest BCUT2D eigenvalue weighted by molar-refractivity contribution is 5.80. The molecular formula is C20H28N6O. The number of carbonyl (C=O) groups excluding carboxylic acids is 1. The third kappa shape index (κ3) is 4.04. The Labute approximate surface area is 159 Å². The van der Waals surface area contributed by atoms with Crippen LogP contribution in [-0.2, 0) is 17.8 Å². The quantitative estimate of drug-likeness (QED) is 0.801. The van der Waals surface area contributed by atoms with Crippen LogP contribution in [0, 0.1) is 5.92 Å². The van der Waals surface area contributed by atoms with Crippen molar-refractivity contribution in [3.8, 4) is 5.69 Å². The molecule has 0 radical (unpaired) electrons. The van der Waals surface area contributed by atoms with Crippen LogP contribution in [0.25, 0.3) is 5.69 Å². The van der Waals surface area contributed by atoms with Crippen LogP contribution in [0.2, 0.25) is 0 Å². The van der Waals surface area contributed by atoms with E-state index in [1.165, 1.54) is 12.8 Å². The van der Waals surface area contributed by atoms with Gasteiger partial charge in [-0.1, -0.05) is 18.2 Å². The molecule has 0 bridgehead atoms. The predicted molar refractivity (Wildman–Crippen MR) is 103 cm³/mol. The maximum absolute atomic E-state index is 11.8. The third-order valence-electron chi connectivity index (χ3n) is 5.78. The first-order valence-electron chi connectivity index (χ1n) is 9.95. The molecule has 144 valence electrons. The van der Waals surface area contributed by atoms with Crippen molar-refractivity contribution in [2.75, 3.05) is 19.6 Å². The highest BCUT2D eigenvalue weighted by Gasteiger charge is 2.31. The molecule has 7 nitrogen and oxygen atoms in total. The van der Waals surface area contributed by atoms with Crippen molar-refractivity contribution in [1.82, 2.24) is 25.0 Å². The predicted octanol–water partition coefficient (Wildman–Crippen LogP) is 1.26. The Morgan fingerprint density at radius 2 is 1.85 bits per heavy atom. The lowest BCUT2D eigenvalue weighted by Gasteiger charge is -2.23. The van der Waals surface area contributed by atoms with Crippen molar-refractivity contribution in [1.29, 1.82) is 0 Å². The zero-order valence-electron chi connectivity index (χ0n) is 15.7. The molecule has 1 aromatic heterocycles. The van der Waals surface area contributed by atoms with Gasteiger partial charge in [-0.25, -0.2) is 0 Å². The van der Waals surface area contributed by atoms with Crippen LogP contribution in [0.1, 0.15) is 37.3 Å². The first-order valence-corrected chi connectivity index (χ1v) is 9.95. The minimum Gasteiger partial charge on any atom is -0.368 e. The van der Waals surface area contributed by atoms with E-state index in [4.69, 9.17) is 5.73 Å². The number of benzene rings is 1. The number of piperidine rings is 1. The van der Waals surface area contributed by atoms with E-state index >= 15 is 0 Å². The van der Waals surface area contributed by atoms with Crippen molar-refractivity contribution < 1.29 is 4.79 Å². The van der Waals surface area contributed by atoms with E-state index in [0.29, 0.717) is 12.5 Å². The summed E-state index contributed by atoms with van der Waals surface area (Å²) in [5, 5.41) is 12.5. The number of nitrogens with two attached hydrogens (primary N) is 1. The molecule has 2 aromatic rings. The van der Waals surface area contributed by atoms with Crippen molar-refractivity contribution in [2.24, 2.45) is 11.7 Å². The van der Waals surface area contributed by atoms with Crippen LogP contribution in [0.4, 0.5) is 0 Å². The van der Waals surface area contributed by atoms with Gasteiger partial charge in [0.2, 0.25) is 5.91 Å². The lowest BCUT2D eigenvalue weighted by Crippen LogP contribution is -2.40. The smallest absolute Gasteiger partial charge is 0.234 e. The van der Waals surface area contributed by atoms with Crippen LogP contribution in [-0.4, -0.2) is 51.2 Å². The topological polar surface area (TPSA) is 89.1 Å². The zero-order chi connectivity index (χ0) is 18.6. The minimum atomic E-state index is -0.242. The van der Waals surface area contributed by atoms with Gasteiger partial charge in [0.1, 0.15) is 5.82 Å². The van der Waals surface area contributed by atoms with E-state index in [9.17, 15) is 4.79 Å². The summed E-state index contributed by atoms with van der Waals surface area (Å²) in [5.41, 5.74) is 6.67. The minimum absolute atomic E-state index is 0.196. The molecule has 0 unspecified atom stereocenters. The molecule has 4 rings (SSSR count). The number of aromatic nitrogens is 3. The van der Waals surface area contributed by atoms with Crippen LogP contribution >= 0.6 is 0 Å². The number of carbonyl (C=O) groups is 1. The number of para-hydroxylation sites is 1. The molecule has 2 aliphatic heterocycles. The van der Waals surface area contributed by atoms with Crippen LogP contribution in [0.5, 0.6) is 0 Å². The number of rotatable bonds is 6. The Hall–Kier alpha value is -2.25. The van der Waals surface area contributed by atoms with Gasteiger partial charge >= 0.3 is 0 Å². The molecule has 7 heteroatoms. The van der Waals surface area contributed by atoms with Crippen LogP contribution in [0.15, 0.2) is 30.3 Å². The standard InChI is InChI=1S/C20H28N6O/c21-20(27)17-7-4-12-25(17)14-19-24-23-18(13-15-8-10-22-11-9-15)26(19)16-5-2-1-3-6-16/h1-3,5-6,15,17,22H,4,7-14H2,(H2,21,27)/t17-/m0/s1. The molecule has 2 aliphatic rings. The SMILES string of the molecule is NC(=O)[C@@H]1CCCN1Cc1nnc(CC2CCNCC2)n1-c1ccccc1. The van der Waals surface area contributed by atoms with Gasteiger partial charge in [0, 0.05) is 12.1 Å². The van der Waals surface area contributed by atoms with Crippen LogP contribution in [0.3, 0.4) is 0 Å². The molecule has 1 atom stereocenters. The Balaban J connectivity index is 1.62. The molecule has 0 spiro atoms. The average Bonchev–Trinajstić information content (AvgIpc) is 3.31. The summed E-state index contributed by atoms with van der Waals surface area (Å²) in [6.07, 6.45) is 5.11. The van der Waals surface area contributed by atoms with Gasteiger partial charge in [0.15, 0.2) is 5.82 Å². The Morgan fingerprint density at radius 3 is 2.59 bits per heavy atom.